The third-order valence-corrected chi connectivity index (χ3v) is 2.95. The van der Waals surface area contributed by atoms with Gasteiger partial charge in [0.15, 0.2) is 0 Å². The van der Waals surface area contributed by atoms with Gasteiger partial charge in [0, 0.05) is 32.8 Å². The SMILES string of the molecule is COC(CN)CN(CC1CC1)C(C)C. The van der Waals surface area contributed by atoms with Gasteiger partial charge in [-0.1, -0.05) is 0 Å². The highest BCUT2D eigenvalue weighted by atomic mass is 16.5. The Balaban J connectivity index is 2.32. The Hall–Kier alpha value is -0.120. The van der Waals surface area contributed by atoms with E-state index < -0.39 is 0 Å². The van der Waals surface area contributed by atoms with Gasteiger partial charge in [-0.2, -0.15) is 0 Å². The molecule has 14 heavy (non-hydrogen) atoms. The lowest BCUT2D eigenvalue weighted by Gasteiger charge is -2.29. The van der Waals surface area contributed by atoms with Gasteiger partial charge in [-0.25, -0.2) is 0 Å². The van der Waals surface area contributed by atoms with E-state index in [9.17, 15) is 0 Å². The number of nitrogens with two attached hydrogens (primary N) is 1. The molecule has 0 aliphatic heterocycles. The molecule has 0 spiro atoms. The molecule has 0 heterocycles. The second-order valence-corrected chi connectivity index (χ2v) is 4.58. The van der Waals surface area contributed by atoms with Crippen LogP contribution in [0.15, 0.2) is 0 Å². The summed E-state index contributed by atoms with van der Waals surface area (Å²) in [7, 11) is 1.74. The first-order chi connectivity index (χ1) is 6.67. The van der Waals surface area contributed by atoms with Gasteiger partial charge < -0.3 is 10.5 Å². The maximum Gasteiger partial charge on any atom is 0.0820 e. The van der Waals surface area contributed by atoms with E-state index >= 15 is 0 Å². The lowest BCUT2D eigenvalue weighted by molar-refractivity contribution is 0.0571. The first kappa shape index (κ1) is 12.0. The molecule has 1 fully saturated rings. The summed E-state index contributed by atoms with van der Waals surface area (Å²) in [5.41, 5.74) is 5.63. The predicted octanol–water partition coefficient (Wildman–Crippen LogP) is 1.08. The molecule has 0 bridgehead atoms. The molecule has 0 amide bonds. The maximum absolute atomic E-state index is 5.63. The Morgan fingerprint density at radius 1 is 1.43 bits per heavy atom. The minimum atomic E-state index is 0.191. The zero-order valence-electron chi connectivity index (χ0n) is 9.70. The van der Waals surface area contributed by atoms with Crippen molar-refractivity contribution in [3.05, 3.63) is 0 Å². The van der Waals surface area contributed by atoms with Crippen LogP contribution in [0, 0.1) is 5.92 Å². The molecule has 0 aromatic carbocycles. The van der Waals surface area contributed by atoms with Crippen LogP contribution in [0.5, 0.6) is 0 Å². The van der Waals surface area contributed by atoms with E-state index in [1.165, 1.54) is 19.4 Å². The topological polar surface area (TPSA) is 38.5 Å². The monoisotopic (exact) mass is 200 g/mol. The van der Waals surface area contributed by atoms with E-state index in [2.05, 4.69) is 18.7 Å². The number of rotatable bonds is 7. The third kappa shape index (κ3) is 3.95. The van der Waals surface area contributed by atoms with Crippen molar-refractivity contribution in [1.82, 2.24) is 4.90 Å². The number of ether oxygens (including phenoxy) is 1. The molecular weight excluding hydrogens is 176 g/mol. The fourth-order valence-corrected chi connectivity index (χ4v) is 1.64. The fourth-order valence-electron chi connectivity index (χ4n) is 1.64. The Labute approximate surface area is 87.6 Å². The van der Waals surface area contributed by atoms with Gasteiger partial charge in [0.2, 0.25) is 0 Å². The van der Waals surface area contributed by atoms with Crippen LogP contribution >= 0.6 is 0 Å². The van der Waals surface area contributed by atoms with Crippen molar-refractivity contribution in [3.8, 4) is 0 Å². The molecule has 1 atom stereocenters. The first-order valence-corrected chi connectivity index (χ1v) is 5.64. The zero-order chi connectivity index (χ0) is 10.6. The average molecular weight is 200 g/mol. The van der Waals surface area contributed by atoms with Crippen molar-refractivity contribution in [3.63, 3.8) is 0 Å². The van der Waals surface area contributed by atoms with Crippen LogP contribution < -0.4 is 5.73 Å². The van der Waals surface area contributed by atoms with Crippen molar-refractivity contribution in [1.29, 1.82) is 0 Å². The van der Waals surface area contributed by atoms with Crippen LogP contribution in [-0.2, 0) is 4.74 Å². The van der Waals surface area contributed by atoms with Crippen LogP contribution in [0.1, 0.15) is 26.7 Å². The molecule has 3 heteroatoms. The minimum absolute atomic E-state index is 0.191. The van der Waals surface area contributed by atoms with Gasteiger partial charge in [-0.05, 0) is 32.6 Å². The summed E-state index contributed by atoms with van der Waals surface area (Å²) in [6.07, 6.45) is 3.00. The van der Waals surface area contributed by atoms with Gasteiger partial charge >= 0.3 is 0 Å². The number of hydrogen-bond donors (Lipinski definition) is 1. The van der Waals surface area contributed by atoms with E-state index in [4.69, 9.17) is 10.5 Å². The van der Waals surface area contributed by atoms with E-state index in [0.717, 1.165) is 12.5 Å². The lowest BCUT2D eigenvalue weighted by Crippen LogP contribution is -2.42. The van der Waals surface area contributed by atoms with Gasteiger partial charge in [-0.3, -0.25) is 4.90 Å². The lowest BCUT2D eigenvalue weighted by atomic mass is 10.2. The molecule has 1 aliphatic carbocycles. The summed E-state index contributed by atoms with van der Waals surface area (Å²) in [5.74, 6) is 0.938. The largest absolute Gasteiger partial charge is 0.379 e. The Bertz CT molecular complexity index is 153. The zero-order valence-corrected chi connectivity index (χ0v) is 9.70. The molecule has 1 aliphatic rings. The summed E-state index contributed by atoms with van der Waals surface area (Å²) in [4.78, 5) is 2.48. The Morgan fingerprint density at radius 3 is 2.43 bits per heavy atom. The molecular formula is C11H24N2O. The predicted molar refractivity (Wildman–Crippen MR) is 59.3 cm³/mol. The van der Waals surface area contributed by atoms with Crippen molar-refractivity contribution in [2.45, 2.75) is 38.8 Å². The molecule has 1 saturated carbocycles. The van der Waals surface area contributed by atoms with Gasteiger partial charge in [0.25, 0.3) is 0 Å². The third-order valence-electron chi connectivity index (χ3n) is 2.95. The second-order valence-electron chi connectivity index (χ2n) is 4.58. The van der Waals surface area contributed by atoms with Crippen molar-refractivity contribution < 1.29 is 4.74 Å². The Kier molecular flexibility index (Phi) is 4.85. The number of methoxy groups -OCH3 is 1. The van der Waals surface area contributed by atoms with Gasteiger partial charge in [-0.15, -0.1) is 0 Å². The van der Waals surface area contributed by atoms with Gasteiger partial charge in [0.1, 0.15) is 0 Å². The maximum atomic E-state index is 5.63. The molecule has 1 unspecified atom stereocenters. The average Bonchev–Trinajstić information content (AvgIpc) is 2.95. The van der Waals surface area contributed by atoms with Crippen LogP contribution in [0.2, 0.25) is 0 Å². The summed E-state index contributed by atoms with van der Waals surface area (Å²) in [6.45, 7) is 7.29. The minimum Gasteiger partial charge on any atom is -0.379 e. The highest BCUT2D eigenvalue weighted by Crippen LogP contribution is 2.30. The molecule has 2 N–H and O–H groups in total. The summed E-state index contributed by atoms with van der Waals surface area (Å²) in [5, 5.41) is 0. The number of hydrogen-bond acceptors (Lipinski definition) is 3. The first-order valence-electron chi connectivity index (χ1n) is 5.64. The second kappa shape index (κ2) is 5.69. The molecule has 0 saturated heterocycles. The summed E-state index contributed by atoms with van der Waals surface area (Å²) < 4.78 is 5.32. The fraction of sp³-hybridized carbons (Fsp3) is 1.00. The van der Waals surface area contributed by atoms with E-state index in [1.54, 1.807) is 7.11 Å². The molecule has 0 aromatic rings. The Morgan fingerprint density at radius 2 is 2.07 bits per heavy atom. The van der Waals surface area contributed by atoms with Crippen LogP contribution in [0.3, 0.4) is 0 Å². The van der Waals surface area contributed by atoms with E-state index in [0.29, 0.717) is 12.6 Å². The van der Waals surface area contributed by atoms with Crippen molar-refractivity contribution in [2.75, 3.05) is 26.7 Å². The van der Waals surface area contributed by atoms with Crippen molar-refractivity contribution in [2.24, 2.45) is 11.7 Å². The van der Waals surface area contributed by atoms with Crippen LogP contribution in [-0.4, -0.2) is 43.8 Å². The molecule has 0 radical (unpaired) electrons. The molecule has 84 valence electrons. The molecule has 1 rings (SSSR count). The summed E-state index contributed by atoms with van der Waals surface area (Å²) >= 11 is 0. The standard InChI is InChI=1S/C11H24N2O/c1-9(2)13(7-10-4-5-10)8-11(6-12)14-3/h9-11H,4-8,12H2,1-3H3. The number of nitrogens with zero attached hydrogens (tertiary/aromatic N) is 1. The molecule has 0 aromatic heterocycles. The van der Waals surface area contributed by atoms with Crippen molar-refractivity contribution >= 4 is 0 Å². The van der Waals surface area contributed by atoms with Crippen LogP contribution in [0.25, 0.3) is 0 Å². The normalized spacial score (nSPS) is 19.3. The molecule has 3 nitrogen and oxygen atoms in total. The quantitative estimate of drug-likeness (QED) is 0.668. The van der Waals surface area contributed by atoms with Gasteiger partial charge in [0.05, 0.1) is 6.10 Å². The summed E-state index contributed by atoms with van der Waals surface area (Å²) in [6, 6.07) is 0.597. The van der Waals surface area contributed by atoms with E-state index in [1.807, 2.05) is 0 Å². The van der Waals surface area contributed by atoms with Crippen LogP contribution in [0.4, 0.5) is 0 Å². The van der Waals surface area contributed by atoms with E-state index in [-0.39, 0.29) is 6.10 Å². The smallest absolute Gasteiger partial charge is 0.0820 e. The highest BCUT2D eigenvalue weighted by Gasteiger charge is 2.26. The highest BCUT2D eigenvalue weighted by molar-refractivity contribution is 4.80.